The van der Waals surface area contributed by atoms with Gasteiger partial charge in [-0.3, -0.25) is 38.4 Å². The van der Waals surface area contributed by atoms with Crippen molar-refractivity contribution in [3.05, 3.63) is 366 Å². The van der Waals surface area contributed by atoms with Crippen LogP contribution in [0, 0.1) is 82.2 Å². The molecule has 0 aliphatic heterocycles. The molecule has 0 radical (unpaired) electrons. The van der Waals surface area contributed by atoms with E-state index in [1.54, 1.807) is 122 Å². The number of Topliss-reactive ketones (excluding diaryl/α,β-unsaturated/α-hetero) is 2. The number of nitriles is 1. The predicted molar refractivity (Wildman–Crippen MR) is 571 cm³/mol. The van der Waals surface area contributed by atoms with Crippen LogP contribution < -0.4 is 38.9 Å². The minimum absolute atomic E-state index is 0. The number of hydrogen-bond acceptors (Lipinski definition) is 23. The van der Waals surface area contributed by atoms with E-state index in [0.29, 0.717) is 74.2 Å². The Morgan fingerprint density at radius 3 is 1.11 bits per heavy atom. The Bertz CT molecular complexity index is 6450. The quantitative estimate of drug-likeness (QED) is 0.00797. The number of halogens is 11. The first-order chi connectivity index (χ1) is 69.1. The summed E-state index contributed by atoms with van der Waals surface area (Å²) in [6, 6.07) is 47.2. The monoisotopic (exact) mass is 2290 g/mol. The SMILES string of the molecule is CCC[CH2][Sn]([CH2]CCC)([CH2]CCC)[c]1ccnnc1.Cc1cc(CC#N)cnc1Cl.Cc1cc(CC(=O)Cc2ccc(-c3cccc(F)c3)cn2)cnc1-c1ccnnc1.Cc1cc(CC(=O)Cc2ccc(-c3cccc(F)c3)cn2)cnc1Cl.Cc1cc(CC(=O)O)cnc1Cl.Cc1cc(CCl)cnc1Cl.Cc1cc(CO)cnc1Cl.Nc1ccc(-c2cccc(F)c2)cn1.O=S(=O)(O)O.O=S(Cl)Cl.[2H]CC.[C-]#N.[Na+]. The van der Waals surface area contributed by atoms with E-state index >= 15 is 0 Å². The smallest absolute Gasteiger partial charge is 0.512 e. The van der Waals surface area contributed by atoms with Crippen LogP contribution in [-0.4, -0.2) is 133 Å². The van der Waals surface area contributed by atoms with Gasteiger partial charge in [-0.2, -0.15) is 23.9 Å². The number of nitrogen functional groups attached to an aromatic ring is 1. The Hall–Kier alpha value is -10.4. The number of hydrogen-bond donors (Lipinski definition) is 5. The van der Waals surface area contributed by atoms with Crippen LogP contribution >= 0.6 is 91.0 Å². The molecule has 0 amide bonds. The third-order valence-corrected chi connectivity index (χ3v) is 37.9. The standard InChI is InChI=1S/C24H19FN4O.C20H16ClFN2O.C11H9FN2.C8H7ClN2.C8H8ClNO2.C7H7Cl2N.C7H8ClNO.C4H3N2.3C4H9.C2H6.CN.Cl2OS.Na.H2O4S.Sn/c1-16-9-17(13-27-24(16)20-7-8-28-29-15-20)10-23(30)12-22-6-5-19(14-26-22)18-3-2-4-21(25)11-18;1-13-7-14(11-24-20(13)21)8-19(25)10-18-6-5-16(12-23-18)15-3-2-4-17(22)9-15;12-10-3-1-2-8(6-10)9-4-5-11(13)14-7-9;1-6-4-7(2-3-10)5-11-8(6)9;1-5-2-6(3-7(11)12)4-10-8(5)9;1-5-2-6(3-8)4-10-7(5)9;1-5-2-6(4-10)3-9-7(5)8;1-2-4-6-5-3-1;3*1-3-4-2;2*1-2;1-4(2)3;;1-5(2,3)4;/h2-9,11,13-15H,10,12H2,1H3;2-7,9,11-12H,8,10H2,1H3;1-7H,(H2,13,14);4-5H,2H2,1H3;2,4H,3H2,1H3,(H,11,12);2,4H,3H2,1H3;2-3,10H,4H2,1H3;1,3-4H;3*1,3-4H2,2H3;1-2H3;;;;(H2,1,2,3,4);/q;;;;;;;;;;;;-1;;+1;;/i;;;;;;;;;;;1D;;;;;. The van der Waals surface area contributed by atoms with Crippen LogP contribution in [0.3, 0.4) is 0 Å². The minimum Gasteiger partial charge on any atom is -0.512 e. The van der Waals surface area contributed by atoms with E-state index in [-0.39, 0.29) is 90.9 Å². The zero-order valence-corrected chi connectivity index (χ0v) is 94.3. The first-order valence-electron chi connectivity index (χ1n) is 45.0. The Kier molecular flexibility index (Phi) is 64.7. The topological polar surface area (TPSA) is 425 Å². The summed E-state index contributed by atoms with van der Waals surface area (Å²) in [4.78, 5) is 71.8. The molecule has 11 aromatic heterocycles. The summed E-state index contributed by atoms with van der Waals surface area (Å²) in [5.41, 5.74) is 23.8. The van der Waals surface area contributed by atoms with Crippen LogP contribution in [0.1, 0.15) is 153 Å². The molecule has 6 N–H and O–H groups in total. The Balaban J connectivity index is 0.000000568. The molecule has 41 heteroatoms. The number of carboxylic acid groups (broad SMARTS) is 1. The van der Waals surface area contributed by atoms with Gasteiger partial charge < -0.3 is 27.8 Å². The zero-order valence-electron chi connectivity index (χ0n) is 82.7. The van der Waals surface area contributed by atoms with Crippen molar-refractivity contribution < 1.29 is 90.4 Å². The van der Waals surface area contributed by atoms with Gasteiger partial charge in [-0.25, -0.2) is 47.3 Å². The number of alkyl halides is 1. The summed E-state index contributed by atoms with van der Waals surface area (Å²) in [6.07, 6.45) is 31.6. The average molecular weight is 2290 g/mol. The number of aliphatic hydroxyl groups excluding tert-OH is 1. The fraction of sp³-hybridized carbons (Fsp3) is 0.269. The van der Waals surface area contributed by atoms with Crippen molar-refractivity contribution in [1.29, 1.82) is 10.5 Å². The maximum Gasteiger partial charge on any atom is 1.00 e. The second-order valence-electron chi connectivity index (χ2n) is 31.3. The van der Waals surface area contributed by atoms with Crippen LogP contribution in [0.4, 0.5) is 19.0 Å². The number of unbranched alkanes of at least 4 members (excludes halogenated alkanes) is 3. The van der Waals surface area contributed by atoms with Crippen LogP contribution in [0.15, 0.2) is 238 Å². The van der Waals surface area contributed by atoms with Crippen molar-refractivity contribution in [3.63, 3.8) is 0 Å². The van der Waals surface area contributed by atoms with Gasteiger partial charge in [-0.15, -0.1) is 11.6 Å². The molecule has 3 aromatic carbocycles. The molecule has 0 saturated carbocycles. The molecular weight excluding hydrogens is 2180 g/mol. The number of nitrogens with zero attached hydrogens (tertiary/aromatic N) is 15. The van der Waals surface area contributed by atoms with Gasteiger partial charge >= 0.3 is 169 Å². The molecule has 0 atom stereocenters. The number of pyridine rings is 9. The second kappa shape index (κ2) is 72.9. The van der Waals surface area contributed by atoms with Gasteiger partial charge in [0.2, 0.25) is 9.23 Å². The molecule has 14 aromatic rings. The molecule has 145 heavy (non-hydrogen) atoms. The number of anilines is 1. The summed E-state index contributed by atoms with van der Waals surface area (Å²) in [5, 5.41) is 50.0. The minimum atomic E-state index is -4.67. The van der Waals surface area contributed by atoms with Crippen LogP contribution in [0.5, 0.6) is 0 Å². The van der Waals surface area contributed by atoms with E-state index in [1.165, 1.54) is 94.4 Å². The van der Waals surface area contributed by atoms with E-state index in [4.69, 9.17) is 126 Å². The third kappa shape index (κ3) is 53.7. The molecule has 0 spiro atoms. The number of rotatable bonds is 27. The van der Waals surface area contributed by atoms with Gasteiger partial charge in [-0.1, -0.05) is 151 Å². The van der Waals surface area contributed by atoms with E-state index in [9.17, 15) is 27.6 Å². The van der Waals surface area contributed by atoms with Crippen molar-refractivity contribution in [3.8, 4) is 50.7 Å². The summed E-state index contributed by atoms with van der Waals surface area (Å²) in [6.45, 7) is 25.3. The molecular formula is C104H112Cl8F3N16NaO10S2Sn. The molecule has 0 saturated heterocycles. The van der Waals surface area contributed by atoms with Crippen molar-refractivity contribution >= 4 is 156 Å². The molecule has 26 nitrogen and oxygen atoms in total. The van der Waals surface area contributed by atoms with E-state index in [0.717, 1.165) is 106 Å². The van der Waals surface area contributed by atoms with Crippen LogP contribution in [0.25, 0.3) is 44.6 Å². The molecule has 14 rings (SSSR count). The van der Waals surface area contributed by atoms with Crippen LogP contribution in [0.2, 0.25) is 39.1 Å². The van der Waals surface area contributed by atoms with Gasteiger partial charge in [0.25, 0.3) is 0 Å². The molecule has 0 fully saturated rings. The number of benzene rings is 3. The average Bonchev–Trinajstić information content (AvgIpc) is 0.818. The van der Waals surface area contributed by atoms with Crippen molar-refractivity contribution in [2.45, 2.75) is 179 Å². The first-order valence-corrected chi connectivity index (χ1v) is 58.4. The largest absolute Gasteiger partial charge is 1.00 e. The Labute approximate surface area is 915 Å². The molecule has 0 aliphatic rings. The number of carbonyl (C=O) groups excluding carboxylic acids is 2. The van der Waals surface area contributed by atoms with Gasteiger partial charge in [0.05, 0.1) is 43.6 Å². The number of nitrogens with two attached hydrogens (primary N) is 1. The summed E-state index contributed by atoms with van der Waals surface area (Å²) < 4.78 is 92.6. The fourth-order valence-corrected chi connectivity index (χ4v) is 29.4. The van der Waals surface area contributed by atoms with Crippen molar-refractivity contribution in [1.82, 2.24) is 65.3 Å². The number of aliphatic carboxylic acids is 1. The Morgan fingerprint density at radius 2 is 0.793 bits per heavy atom. The van der Waals surface area contributed by atoms with Gasteiger partial charge in [0.1, 0.15) is 60.6 Å². The van der Waals surface area contributed by atoms with Crippen molar-refractivity contribution in [2.24, 2.45) is 0 Å². The summed E-state index contributed by atoms with van der Waals surface area (Å²) >= 11 is 31.9. The molecule has 0 unspecified atom stereocenters. The van der Waals surface area contributed by atoms with Gasteiger partial charge in [-0.05, 0) is 198 Å². The number of ketones is 2. The fourth-order valence-electron chi connectivity index (χ4n) is 13.2. The van der Waals surface area contributed by atoms with Gasteiger partial charge in [0, 0.05) is 144 Å². The van der Waals surface area contributed by atoms with E-state index < -0.39 is 44.0 Å². The second-order valence-corrected chi connectivity index (χ2v) is 50.0. The number of aromatic nitrogens is 13. The normalized spacial score (nSPS) is 10.2. The van der Waals surface area contributed by atoms with Crippen LogP contribution in [-0.2, 0) is 85.0 Å². The van der Waals surface area contributed by atoms with Gasteiger partial charge in [0.15, 0.2) is 0 Å². The maximum atomic E-state index is 13.4. The van der Waals surface area contributed by atoms with E-state index in [1.807, 2.05) is 120 Å². The summed E-state index contributed by atoms with van der Waals surface area (Å²) in [7, 11) is 2.69. The molecule has 11 heterocycles. The summed E-state index contributed by atoms with van der Waals surface area (Å²) in [5.74, 6) is -0.631. The van der Waals surface area contributed by atoms with E-state index in [2.05, 4.69) is 120 Å². The molecule has 0 bridgehead atoms. The number of carbonyl (C=O) groups is 3. The molecule has 0 aliphatic carbocycles. The molecule has 762 valence electrons. The third-order valence-electron chi connectivity index (χ3n) is 20.0. The predicted octanol–water partition coefficient (Wildman–Crippen LogP) is 22.6. The van der Waals surface area contributed by atoms with Crippen molar-refractivity contribution in [2.75, 3.05) is 5.73 Å². The number of carboxylic acids is 1. The number of aryl methyl sites for hydroxylation is 6. The zero-order chi connectivity index (χ0) is 108. The Morgan fingerprint density at radius 1 is 0.455 bits per heavy atom. The maximum absolute atomic E-state index is 13.4. The number of aliphatic hydroxyl groups is 1. The first kappa shape index (κ1) is 129.